The molecule has 2 rings (SSSR count). The van der Waals surface area contributed by atoms with Gasteiger partial charge in [0.15, 0.2) is 0 Å². The summed E-state index contributed by atoms with van der Waals surface area (Å²) in [5.74, 6) is 2.52. The van der Waals surface area contributed by atoms with Crippen molar-refractivity contribution in [2.45, 2.75) is 51.9 Å². The van der Waals surface area contributed by atoms with Crippen LogP contribution in [0.4, 0.5) is 0 Å². The smallest absolute Gasteiger partial charge is 0.220 e. The first-order valence-electron chi connectivity index (χ1n) is 7.71. The minimum Gasteiger partial charge on any atom is -0.356 e. The second kappa shape index (κ2) is 8.80. The molecule has 0 aromatic carbocycles. The number of halogens is 1. The van der Waals surface area contributed by atoms with Crippen LogP contribution < -0.4 is 10.6 Å². The van der Waals surface area contributed by atoms with Crippen molar-refractivity contribution in [2.24, 2.45) is 17.8 Å². The van der Waals surface area contributed by atoms with Crippen LogP contribution in [0.25, 0.3) is 0 Å². The molecule has 19 heavy (non-hydrogen) atoms. The van der Waals surface area contributed by atoms with E-state index in [1.54, 1.807) is 0 Å². The standard InChI is InChI=1S/C15H28N2O.ClH/c1-12-2-4-14(5-3-12)11-17-15(18)10-13-6-8-16-9-7-13;/h12-14,16H,2-11H2,1H3,(H,17,18);1H. The van der Waals surface area contributed by atoms with E-state index in [9.17, 15) is 4.79 Å². The summed E-state index contributed by atoms with van der Waals surface area (Å²) in [4.78, 5) is 11.9. The fourth-order valence-electron chi connectivity index (χ4n) is 3.21. The van der Waals surface area contributed by atoms with E-state index >= 15 is 0 Å². The molecule has 0 bridgehead atoms. The van der Waals surface area contributed by atoms with E-state index in [0.29, 0.717) is 5.92 Å². The summed E-state index contributed by atoms with van der Waals surface area (Å²) in [7, 11) is 0. The Morgan fingerprint density at radius 2 is 1.68 bits per heavy atom. The van der Waals surface area contributed by atoms with E-state index in [-0.39, 0.29) is 18.3 Å². The van der Waals surface area contributed by atoms with Gasteiger partial charge in [-0.25, -0.2) is 0 Å². The zero-order valence-corrected chi connectivity index (χ0v) is 12.9. The Hall–Kier alpha value is -0.280. The predicted octanol–water partition coefficient (Wildman–Crippen LogP) is 2.74. The average molecular weight is 289 g/mol. The summed E-state index contributed by atoms with van der Waals surface area (Å²) in [6.45, 7) is 5.42. The monoisotopic (exact) mass is 288 g/mol. The first-order valence-corrected chi connectivity index (χ1v) is 7.71. The molecule has 1 amide bonds. The van der Waals surface area contributed by atoms with Gasteiger partial charge in [0.1, 0.15) is 0 Å². The number of hydrogen-bond donors (Lipinski definition) is 2. The van der Waals surface area contributed by atoms with Crippen molar-refractivity contribution in [3.05, 3.63) is 0 Å². The van der Waals surface area contributed by atoms with E-state index in [2.05, 4.69) is 17.6 Å². The zero-order chi connectivity index (χ0) is 12.8. The number of hydrogen-bond acceptors (Lipinski definition) is 2. The van der Waals surface area contributed by atoms with Gasteiger partial charge in [0.25, 0.3) is 0 Å². The highest BCUT2D eigenvalue weighted by Crippen LogP contribution is 2.27. The van der Waals surface area contributed by atoms with Gasteiger partial charge in [-0.1, -0.05) is 19.8 Å². The first-order chi connectivity index (χ1) is 8.74. The largest absolute Gasteiger partial charge is 0.356 e. The minimum atomic E-state index is 0. The lowest BCUT2D eigenvalue weighted by Gasteiger charge is -2.27. The molecule has 0 unspecified atom stereocenters. The number of carbonyl (C=O) groups is 1. The summed E-state index contributed by atoms with van der Waals surface area (Å²) in [5.41, 5.74) is 0. The van der Waals surface area contributed by atoms with E-state index in [4.69, 9.17) is 0 Å². The maximum atomic E-state index is 11.9. The van der Waals surface area contributed by atoms with Crippen LogP contribution in [0, 0.1) is 17.8 Å². The molecule has 112 valence electrons. The molecule has 0 aromatic heterocycles. The molecule has 0 atom stereocenters. The summed E-state index contributed by atoms with van der Waals surface area (Å²) >= 11 is 0. The van der Waals surface area contributed by atoms with Gasteiger partial charge >= 0.3 is 0 Å². The molecule has 4 heteroatoms. The second-order valence-corrected chi connectivity index (χ2v) is 6.33. The van der Waals surface area contributed by atoms with Crippen molar-refractivity contribution in [1.82, 2.24) is 10.6 Å². The highest BCUT2D eigenvalue weighted by Gasteiger charge is 2.20. The zero-order valence-electron chi connectivity index (χ0n) is 12.1. The third kappa shape index (κ3) is 6.13. The van der Waals surface area contributed by atoms with Crippen molar-refractivity contribution >= 4 is 18.3 Å². The van der Waals surface area contributed by atoms with Crippen LogP contribution in [0.15, 0.2) is 0 Å². The van der Waals surface area contributed by atoms with Gasteiger partial charge in [-0.05, 0) is 56.5 Å². The van der Waals surface area contributed by atoms with E-state index in [1.807, 2.05) is 0 Å². The first kappa shape index (κ1) is 16.8. The molecule has 1 saturated heterocycles. The maximum Gasteiger partial charge on any atom is 0.220 e. The summed E-state index contributed by atoms with van der Waals surface area (Å²) in [6.07, 6.45) is 8.35. The number of carbonyl (C=O) groups excluding carboxylic acids is 1. The van der Waals surface area contributed by atoms with E-state index < -0.39 is 0 Å². The van der Waals surface area contributed by atoms with Crippen molar-refractivity contribution in [3.63, 3.8) is 0 Å². The molecule has 3 nitrogen and oxygen atoms in total. The van der Waals surface area contributed by atoms with Crippen LogP contribution in [0.3, 0.4) is 0 Å². The van der Waals surface area contributed by atoms with Crippen molar-refractivity contribution in [2.75, 3.05) is 19.6 Å². The third-order valence-electron chi connectivity index (χ3n) is 4.66. The van der Waals surface area contributed by atoms with Gasteiger partial charge in [0, 0.05) is 13.0 Å². The Labute approximate surface area is 123 Å². The summed E-state index contributed by atoms with van der Waals surface area (Å²) in [6, 6.07) is 0. The number of rotatable bonds is 4. The molecule has 2 fully saturated rings. The number of piperidine rings is 1. The molecule has 1 aliphatic heterocycles. The highest BCUT2D eigenvalue weighted by atomic mass is 35.5. The Morgan fingerprint density at radius 3 is 2.32 bits per heavy atom. The van der Waals surface area contributed by atoms with Crippen LogP contribution in [0.1, 0.15) is 51.9 Å². The molecule has 0 radical (unpaired) electrons. The lowest BCUT2D eigenvalue weighted by Crippen LogP contribution is -2.34. The average Bonchev–Trinajstić information content (AvgIpc) is 2.39. The van der Waals surface area contributed by atoms with Gasteiger partial charge in [-0.3, -0.25) is 4.79 Å². The predicted molar refractivity (Wildman–Crippen MR) is 81.6 cm³/mol. The Kier molecular flexibility index (Phi) is 7.77. The summed E-state index contributed by atoms with van der Waals surface area (Å²) in [5, 5.41) is 6.50. The van der Waals surface area contributed by atoms with Gasteiger partial charge < -0.3 is 10.6 Å². The van der Waals surface area contributed by atoms with Crippen molar-refractivity contribution in [1.29, 1.82) is 0 Å². The maximum absolute atomic E-state index is 11.9. The lowest BCUT2D eigenvalue weighted by molar-refractivity contribution is -0.122. The highest BCUT2D eigenvalue weighted by molar-refractivity contribution is 5.85. The lowest BCUT2D eigenvalue weighted by atomic mass is 9.83. The summed E-state index contributed by atoms with van der Waals surface area (Å²) < 4.78 is 0. The van der Waals surface area contributed by atoms with Gasteiger partial charge in [-0.15, -0.1) is 12.4 Å². The quantitative estimate of drug-likeness (QED) is 0.835. The molecular formula is C15H29ClN2O. The normalized spacial score (nSPS) is 28.5. The Morgan fingerprint density at radius 1 is 1.05 bits per heavy atom. The molecule has 0 spiro atoms. The van der Waals surface area contributed by atoms with Crippen molar-refractivity contribution < 1.29 is 4.79 Å². The number of nitrogens with one attached hydrogen (secondary N) is 2. The molecule has 0 aromatic rings. The molecule has 2 aliphatic rings. The minimum absolute atomic E-state index is 0. The Bertz CT molecular complexity index is 259. The van der Waals surface area contributed by atoms with Crippen LogP contribution in [0.2, 0.25) is 0 Å². The fraction of sp³-hybridized carbons (Fsp3) is 0.933. The molecular weight excluding hydrogens is 260 g/mol. The van der Waals surface area contributed by atoms with E-state index in [0.717, 1.165) is 50.7 Å². The molecule has 1 aliphatic carbocycles. The molecule has 1 saturated carbocycles. The van der Waals surface area contributed by atoms with E-state index in [1.165, 1.54) is 25.7 Å². The van der Waals surface area contributed by atoms with Gasteiger partial charge in [0.05, 0.1) is 0 Å². The van der Waals surface area contributed by atoms with Crippen molar-refractivity contribution in [3.8, 4) is 0 Å². The third-order valence-corrected chi connectivity index (χ3v) is 4.66. The van der Waals surface area contributed by atoms with Crippen LogP contribution >= 0.6 is 12.4 Å². The second-order valence-electron chi connectivity index (χ2n) is 6.33. The topological polar surface area (TPSA) is 41.1 Å². The molecule has 2 N–H and O–H groups in total. The fourth-order valence-corrected chi connectivity index (χ4v) is 3.21. The van der Waals surface area contributed by atoms with Crippen LogP contribution in [-0.2, 0) is 4.79 Å². The van der Waals surface area contributed by atoms with Gasteiger partial charge in [0.2, 0.25) is 5.91 Å². The van der Waals surface area contributed by atoms with Gasteiger partial charge in [-0.2, -0.15) is 0 Å². The Balaban J connectivity index is 0.00000180. The SMILES string of the molecule is CC1CCC(CNC(=O)CC2CCNCC2)CC1.Cl. The van der Waals surface area contributed by atoms with Crippen LogP contribution in [-0.4, -0.2) is 25.5 Å². The molecule has 1 heterocycles. The van der Waals surface area contributed by atoms with Crippen LogP contribution in [0.5, 0.6) is 0 Å². The number of amides is 1.